The summed E-state index contributed by atoms with van der Waals surface area (Å²) >= 11 is 0. The molecule has 1 saturated heterocycles. The number of rotatable bonds is 9. The number of carbonyl (C=O) groups excluding carboxylic acids is 1. The Labute approximate surface area is 169 Å². The van der Waals surface area contributed by atoms with Gasteiger partial charge in [0, 0.05) is 6.54 Å². The van der Waals surface area contributed by atoms with E-state index < -0.39 is 0 Å². The average molecular weight is 398 g/mol. The van der Waals surface area contributed by atoms with Crippen molar-refractivity contribution in [2.45, 2.75) is 33.1 Å². The predicted molar refractivity (Wildman–Crippen MR) is 111 cm³/mol. The second kappa shape index (κ2) is 12.6. The molecule has 152 valence electrons. The van der Waals surface area contributed by atoms with Crippen molar-refractivity contribution in [3.05, 3.63) is 29.8 Å². The summed E-state index contributed by atoms with van der Waals surface area (Å²) in [5.41, 5.74) is 1.10. The third kappa shape index (κ3) is 7.43. The Kier molecular flexibility index (Phi) is 10.9. The molecule has 0 amide bonds. The van der Waals surface area contributed by atoms with Crippen molar-refractivity contribution in [1.82, 2.24) is 4.90 Å². The zero-order valence-electron chi connectivity index (χ0n) is 16.6. The molecule has 1 aromatic carbocycles. The number of likely N-dealkylation sites (tertiary alicyclic amines) is 1. The average Bonchev–Trinajstić information content (AvgIpc) is 2.67. The van der Waals surface area contributed by atoms with E-state index in [0.29, 0.717) is 13.2 Å². The van der Waals surface area contributed by atoms with Crippen molar-refractivity contribution in [2.75, 3.05) is 40.0 Å². The van der Waals surface area contributed by atoms with Crippen molar-refractivity contribution in [3.8, 4) is 11.5 Å². The molecule has 0 spiro atoms. The number of hydrogen-bond acceptors (Lipinski definition) is 5. The first kappa shape index (κ1) is 23.3. The van der Waals surface area contributed by atoms with Crippen LogP contribution in [0.5, 0.6) is 11.5 Å². The van der Waals surface area contributed by atoms with Crippen LogP contribution in [0.4, 0.5) is 0 Å². The Morgan fingerprint density at radius 3 is 2.63 bits per heavy atom. The van der Waals surface area contributed by atoms with Crippen molar-refractivity contribution in [3.63, 3.8) is 0 Å². The van der Waals surface area contributed by atoms with Crippen LogP contribution < -0.4 is 9.47 Å². The Hall–Kier alpha value is -1.72. The second-order valence-corrected chi connectivity index (χ2v) is 6.48. The van der Waals surface area contributed by atoms with Crippen LogP contribution in [0.3, 0.4) is 0 Å². The van der Waals surface area contributed by atoms with E-state index in [0.717, 1.165) is 56.0 Å². The zero-order valence-corrected chi connectivity index (χ0v) is 17.4. The van der Waals surface area contributed by atoms with E-state index in [2.05, 4.69) is 4.90 Å². The lowest BCUT2D eigenvalue weighted by atomic mass is 9.97. The minimum absolute atomic E-state index is 0. The van der Waals surface area contributed by atoms with Gasteiger partial charge < -0.3 is 19.1 Å². The minimum Gasteiger partial charge on any atom is -0.493 e. The molecule has 1 aromatic rings. The predicted octanol–water partition coefficient (Wildman–Crippen LogP) is 4.19. The smallest absolute Gasteiger partial charge is 0.309 e. The number of halogens is 1. The Bertz CT molecular complexity index is 598. The van der Waals surface area contributed by atoms with Crippen LogP contribution in [0.1, 0.15) is 38.7 Å². The van der Waals surface area contributed by atoms with Crippen molar-refractivity contribution in [1.29, 1.82) is 0 Å². The Morgan fingerprint density at radius 1 is 1.26 bits per heavy atom. The highest BCUT2D eigenvalue weighted by atomic mass is 35.5. The highest BCUT2D eigenvalue weighted by Crippen LogP contribution is 2.28. The van der Waals surface area contributed by atoms with Crippen LogP contribution in [0.15, 0.2) is 24.3 Å². The van der Waals surface area contributed by atoms with Crippen LogP contribution in [-0.4, -0.2) is 50.8 Å². The van der Waals surface area contributed by atoms with E-state index in [4.69, 9.17) is 14.2 Å². The molecule has 0 aromatic heterocycles. The van der Waals surface area contributed by atoms with Crippen LogP contribution in [0.25, 0.3) is 6.08 Å². The van der Waals surface area contributed by atoms with Gasteiger partial charge in [0.1, 0.15) is 0 Å². The van der Waals surface area contributed by atoms with E-state index in [1.165, 1.54) is 0 Å². The third-order valence-electron chi connectivity index (χ3n) is 4.63. The number of methoxy groups -OCH3 is 1. The summed E-state index contributed by atoms with van der Waals surface area (Å²) in [6, 6.07) is 5.96. The standard InChI is InChI=1S/C21H31NO4.ClH/c1-4-7-17-8-9-19(20(16-17)24-3)26-15-6-12-22-13-10-18(11-14-22)21(23)25-5-2;/h4,7-9,16,18H,5-6,10-15H2,1-3H3;1H. The number of benzene rings is 1. The molecule has 0 aliphatic carbocycles. The molecule has 1 fully saturated rings. The maximum atomic E-state index is 11.8. The van der Waals surface area contributed by atoms with E-state index in [-0.39, 0.29) is 24.3 Å². The van der Waals surface area contributed by atoms with Crippen LogP contribution >= 0.6 is 12.4 Å². The Morgan fingerprint density at radius 2 is 2.00 bits per heavy atom. The summed E-state index contributed by atoms with van der Waals surface area (Å²) < 4.78 is 16.4. The lowest BCUT2D eigenvalue weighted by molar-refractivity contribution is -0.149. The normalized spacial score (nSPS) is 15.4. The van der Waals surface area contributed by atoms with Gasteiger partial charge in [-0.25, -0.2) is 0 Å². The summed E-state index contributed by atoms with van der Waals surface area (Å²) in [4.78, 5) is 14.2. The van der Waals surface area contributed by atoms with E-state index >= 15 is 0 Å². The molecule has 0 atom stereocenters. The topological polar surface area (TPSA) is 48.0 Å². The van der Waals surface area contributed by atoms with Gasteiger partial charge in [-0.3, -0.25) is 4.79 Å². The quantitative estimate of drug-likeness (QED) is 0.461. The number of nitrogens with zero attached hydrogens (tertiary/aromatic N) is 1. The van der Waals surface area contributed by atoms with Gasteiger partial charge in [0.15, 0.2) is 11.5 Å². The molecule has 27 heavy (non-hydrogen) atoms. The van der Waals surface area contributed by atoms with Gasteiger partial charge in [-0.1, -0.05) is 18.2 Å². The van der Waals surface area contributed by atoms with Gasteiger partial charge in [-0.15, -0.1) is 12.4 Å². The molecule has 6 heteroatoms. The molecular formula is C21H32ClNO4. The first-order valence-corrected chi connectivity index (χ1v) is 9.50. The van der Waals surface area contributed by atoms with E-state index in [1.807, 2.05) is 44.2 Å². The number of ether oxygens (including phenoxy) is 3. The zero-order chi connectivity index (χ0) is 18.8. The Balaban J connectivity index is 0.00000364. The van der Waals surface area contributed by atoms with Crippen molar-refractivity contribution >= 4 is 24.5 Å². The fourth-order valence-electron chi connectivity index (χ4n) is 3.22. The number of piperidine rings is 1. The van der Waals surface area contributed by atoms with E-state index in [9.17, 15) is 4.79 Å². The summed E-state index contributed by atoms with van der Waals surface area (Å²) in [6.45, 7) is 7.85. The maximum Gasteiger partial charge on any atom is 0.309 e. The van der Waals surface area contributed by atoms with Gasteiger partial charge in [0.2, 0.25) is 0 Å². The highest BCUT2D eigenvalue weighted by Gasteiger charge is 2.25. The molecule has 0 saturated carbocycles. The highest BCUT2D eigenvalue weighted by molar-refractivity contribution is 5.85. The fourth-order valence-corrected chi connectivity index (χ4v) is 3.22. The lowest BCUT2D eigenvalue weighted by Gasteiger charge is -2.30. The molecule has 0 radical (unpaired) electrons. The molecular weight excluding hydrogens is 366 g/mol. The first-order chi connectivity index (χ1) is 12.7. The molecule has 2 rings (SSSR count). The number of allylic oxidation sites excluding steroid dienone is 1. The van der Waals surface area contributed by atoms with Gasteiger partial charge in [0.05, 0.1) is 26.2 Å². The van der Waals surface area contributed by atoms with Crippen LogP contribution in [0.2, 0.25) is 0 Å². The molecule has 0 bridgehead atoms. The SMILES string of the molecule is CC=Cc1ccc(OCCCN2CCC(C(=O)OCC)CC2)c(OC)c1.Cl. The number of esters is 1. The molecule has 1 aliphatic rings. The second-order valence-electron chi connectivity index (χ2n) is 6.48. The fraction of sp³-hybridized carbons (Fsp3) is 0.571. The molecule has 0 unspecified atom stereocenters. The molecule has 1 heterocycles. The number of carbonyl (C=O) groups is 1. The van der Waals surface area contributed by atoms with Gasteiger partial charge in [-0.2, -0.15) is 0 Å². The van der Waals surface area contributed by atoms with E-state index in [1.54, 1.807) is 7.11 Å². The monoisotopic (exact) mass is 397 g/mol. The summed E-state index contributed by atoms with van der Waals surface area (Å²) in [5.74, 6) is 1.57. The van der Waals surface area contributed by atoms with Crippen LogP contribution in [-0.2, 0) is 9.53 Å². The van der Waals surface area contributed by atoms with Gasteiger partial charge in [0.25, 0.3) is 0 Å². The summed E-state index contributed by atoms with van der Waals surface area (Å²) in [6.07, 6.45) is 6.76. The molecule has 0 N–H and O–H groups in total. The summed E-state index contributed by atoms with van der Waals surface area (Å²) in [7, 11) is 1.66. The van der Waals surface area contributed by atoms with Crippen LogP contribution in [0, 0.1) is 5.92 Å². The van der Waals surface area contributed by atoms with Crippen molar-refractivity contribution in [2.24, 2.45) is 5.92 Å². The number of hydrogen-bond donors (Lipinski definition) is 0. The summed E-state index contributed by atoms with van der Waals surface area (Å²) in [5, 5.41) is 0. The van der Waals surface area contributed by atoms with Gasteiger partial charge >= 0.3 is 5.97 Å². The molecule has 1 aliphatic heterocycles. The largest absolute Gasteiger partial charge is 0.493 e. The first-order valence-electron chi connectivity index (χ1n) is 9.50. The van der Waals surface area contributed by atoms with Crippen molar-refractivity contribution < 1.29 is 19.0 Å². The maximum absolute atomic E-state index is 11.8. The van der Waals surface area contributed by atoms with Gasteiger partial charge in [-0.05, 0) is 63.9 Å². The molecule has 5 nitrogen and oxygen atoms in total. The third-order valence-corrected chi connectivity index (χ3v) is 4.63. The lowest BCUT2D eigenvalue weighted by Crippen LogP contribution is -2.37. The minimum atomic E-state index is -0.0380.